The molecule has 0 spiro atoms. The molecule has 1 saturated heterocycles. The first-order valence-corrected chi connectivity index (χ1v) is 11.0. The van der Waals surface area contributed by atoms with Gasteiger partial charge in [0, 0.05) is 15.2 Å². The van der Waals surface area contributed by atoms with Gasteiger partial charge in [-0.25, -0.2) is 0 Å². The van der Waals surface area contributed by atoms with Crippen LogP contribution in [-0.2, 0) is 11.3 Å². The van der Waals surface area contributed by atoms with Crippen LogP contribution in [0.5, 0.6) is 5.75 Å². The highest BCUT2D eigenvalue weighted by atomic mass is 127. The van der Waals surface area contributed by atoms with E-state index in [9.17, 15) is 22.8 Å². The van der Waals surface area contributed by atoms with Crippen molar-refractivity contribution < 1.29 is 31.9 Å². The number of carbonyl (C=O) groups is 2. The van der Waals surface area contributed by atoms with E-state index >= 15 is 0 Å². The lowest BCUT2D eigenvalue weighted by Gasteiger charge is -2.12. The molecule has 2 aromatic carbocycles. The zero-order valence-electron chi connectivity index (χ0n) is 16.1. The summed E-state index contributed by atoms with van der Waals surface area (Å²) in [5, 5.41) is -0.369. The molecule has 0 unspecified atom stereocenters. The molecule has 4 rings (SSSR count). The third kappa shape index (κ3) is 5.36. The number of rotatable bonds is 5. The predicted octanol–water partition coefficient (Wildman–Crippen LogP) is 6.69. The SMILES string of the molecule is O=C1S/C(=C\c2ccc(-c3ccc(OC(F)(F)F)cc3)o2)C(=O)N1Cc1ccc(I)cc1. The van der Waals surface area contributed by atoms with Crippen molar-refractivity contribution in [2.45, 2.75) is 12.9 Å². The summed E-state index contributed by atoms with van der Waals surface area (Å²) in [4.78, 5) is 26.4. The van der Waals surface area contributed by atoms with Gasteiger partial charge in [-0.05, 0) is 88.4 Å². The van der Waals surface area contributed by atoms with Crippen molar-refractivity contribution in [2.75, 3.05) is 0 Å². The topological polar surface area (TPSA) is 59.8 Å². The number of carbonyl (C=O) groups excluding carboxylic acids is 2. The summed E-state index contributed by atoms with van der Waals surface area (Å²) in [6.07, 6.45) is -3.29. The van der Waals surface area contributed by atoms with Gasteiger partial charge in [0.2, 0.25) is 0 Å². The van der Waals surface area contributed by atoms with Crippen LogP contribution in [0.25, 0.3) is 17.4 Å². The monoisotopic (exact) mass is 571 g/mol. The Morgan fingerprint density at radius 3 is 2.34 bits per heavy atom. The summed E-state index contributed by atoms with van der Waals surface area (Å²) in [6, 6.07) is 16.0. The first-order chi connectivity index (χ1) is 15.2. The molecule has 1 aromatic heterocycles. The summed E-state index contributed by atoms with van der Waals surface area (Å²) in [7, 11) is 0. The van der Waals surface area contributed by atoms with Gasteiger partial charge < -0.3 is 9.15 Å². The smallest absolute Gasteiger partial charge is 0.457 e. The minimum atomic E-state index is -4.76. The Morgan fingerprint density at radius 2 is 1.69 bits per heavy atom. The number of hydrogen-bond acceptors (Lipinski definition) is 5. The van der Waals surface area contributed by atoms with E-state index in [4.69, 9.17) is 4.42 Å². The van der Waals surface area contributed by atoms with Crippen molar-refractivity contribution in [1.82, 2.24) is 4.90 Å². The number of halogens is 4. The van der Waals surface area contributed by atoms with Gasteiger partial charge in [-0.2, -0.15) is 0 Å². The van der Waals surface area contributed by atoms with E-state index in [1.54, 1.807) is 12.1 Å². The molecular formula is C22H13F3INO4S. The summed E-state index contributed by atoms with van der Waals surface area (Å²) in [6.45, 7) is 0.175. The first kappa shape index (κ1) is 22.5. The molecule has 2 amide bonds. The van der Waals surface area contributed by atoms with Crippen LogP contribution >= 0.6 is 34.4 Å². The molecule has 1 aliphatic rings. The Morgan fingerprint density at radius 1 is 1.00 bits per heavy atom. The molecular weight excluding hydrogens is 558 g/mol. The number of imide groups is 1. The molecule has 3 aromatic rings. The van der Waals surface area contributed by atoms with E-state index in [1.165, 1.54) is 35.2 Å². The molecule has 164 valence electrons. The number of nitrogens with zero attached hydrogens (tertiary/aromatic N) is 1. The van der Waals surface area contributed by atoms with Crippen molar-refractivity contribution in [1.29, 1.82) is 0 Å². The van der Waals surface area contributed by atoms with Crippen molar-refractivity contribution in [3.8, 4) is 17.1 Å². The molecule has 5 nitrogen and oxygen atoms in total. The number of furan rings is 1. The van der Waals surface area contributed by atoms with E-state index in [0.29, 0.717) is 17.1 Å². The summed E-state index contributed by atoms with van der Waals surface area (Å²) in [5.74, 6) is -0.0108. The molecule has 32 heavy (non-hydrogen) atoms. The second-order valence-electron chi connectivity index (χ2n) is 6.67. The Labute approximate surface area is 198 Å². The average molecular weight is 571 g/mol. The summed E-state index contributed by atoms with van der Waals surface area (Å²) >= 11 is 3.00. The van der Waals surface area contributed by atoms with Gasteiger partial charge in [0.05, 0.1) is 11.4 Å². The zero-order chi connectivity index (χ0) is 22.9. The van der Waals surface area contributed by atoms with Crippen LogP contribution < -0.4 is 4.74 Å². The lowest BCUT2D eigenvalue weighted by molar-refractivity contribution is -0.274. The molecule has 1 fully saturated rings. The zero-order valence-corrected chi connectivity index (χ0v) is 19.0. The minimum Gasteiger partial charge on any atom is -0.457 e. The maximum absolute atomic E-state index is 12.7. The molecule has 0 saturated carbocycles. The van der Waals surface area contributed by atoms with E-state index in [-0.39, 0.29) is 22.4 Å². The van der Waals surface area contributed by atoms with E-state index < -0.39 is 12.3 Å². The number of ether oxygens (including phenoxy) is 1. The first-order valence-electron chi connectivity index (χ1n) is 9.14. The van der Waals surface area contributed by atoms with Crippen molar-refractivity contribution in [3.05, 3.63) is 80.5 Å². The number of amides is 2. The van der Waals surface area contributed by atoms with Gasteiger partial charge in [0.15, 0.2) is 0 Å². The Bertz CT molecular complexity index is 1190. The molecule has 0 N–H and O–H groups in total. The third-order valence-electron chi connectivity index (χ3n) is 4.40. The standard InChI is InChI=1S/C22H13F3INO4S/c23-22(24,25)31-16-7-3-14(4-8-16)18-10-9-17(30-18)11-19-20(28)27(21(29)32-19)12-13-1-5-15(26)6-2-13/h1-11H,12H2/b19-11-. The highest BCUT2D eigenvalue weighted by molar-refractivity contribution is 14.1. The van der Waals surface area contributed by atoms with E-state index in [1.807, 2.05) is 24.3 Å². The second-order valence-corrected chi connectivity index (χ2v) is 8.91. The lowest BCUT2D eigenvalue weighted by Crippen LogP contribution is -2.27. The Balaban J connectivity index is 1.47. The molecule has 1 aliphatic heterocycles. The Hall–Kier alpha value is -2.73. The van der Waals surface area contributed by atoms with Crippen molar-refractivity contribution in [2.24, 2.45) is 0 Å². The lowest BCUT2D eigenvalue weighted by atomic mass is 10.2. The highest BCUT2D eigenvalue weighted by Crippen LogP contribution is 2.34. The molecule has 2 heterocycles. The van der Waals surface area contributed by atoms with E-state index in [2.05, 4.69) is 27.3 Å². The predicted molar refractivity (Wildman–Crippen MR) is 122 cm³/mol. The van der Waals surface area contributed by atoms with Gasteiger partial charge in [-0.15, -0.1) is 13.2 Å². The van der Waals surface area contributed by atoms with E-state index in [0.717, 1.165) is 20.9 Å². The molecule has 0 aliphatic carbocycles. The third-order valence-corrected chi connectivity index (χ3v) is 6.03. The molecule has 0 atom stereocenters. The maximum atomic E-state index is 12.7. The summed E-state index contributed by atoms with van der Waals surface area (Å²) in [5.41, 5.74) is 1.37. The van der Waals surface area contributed by atoms with Crippen LogP contribution in [0.3, 0.4) is 0 Å². The fraction of sp³-hybridized carbons (Fsp3) is 0.0909. The van der Waals surface area contributed by atoms with Gasteiger partial charge in [-0.1, -0.05) is 12.1 Å². The number of thioether (sulfide) groups is 1. The minimum absolute atomic E-state index is 0.175. The number of alkyl halides is 3. The maximum Gasteiger partial charge on any atom is 0.573 e. The van der Waals surface area contributed by atoms with Gasteiger partial charge in [0.1, 0.15) is 17.3 Å². The fourth-order valence-electron chi connectivity index (χ4n) is 2.94. The molecule has 0 radical (unpaired) electrons. The number of hydrogen-bond donors (Lipinski definition) is 0. The number of benzene rings is 2. The average Bonchev–Trinajstić information content (AvgIpc) is 3.29. The van der Waals surface area contributed by atoms with Gasteiger partial charge in [-0.3, -0.25) is 14.5 Å². The van der Waals surface area contributed by atoms with Crippen LogP contribution in [-0.4, -0.2) is 22.4 Å². The van der Waals surface area contributed by atoms with Crippen LogP contribution in [0.4, 0.5) is 18.0 Å². The van der Waals surface area contributed by atoms with Crippen molar-refractivity contribution in [3.63, 3.8) is 0 Å². The van der Waals surface area contributed by atoms with Crippen LogP contribution in [0.1, 0.15) is 11.3 Å². The molecule has 10 heteroatoms. The van der Waals surface area contributed by atoms with Crippen LogP contribution in [0, 0.1) is 3.57 Å². The largest absolute Gasteiger partial charge is 0.573 e. The van der Waals surface area contributed by atoms with Crippen molar-refractivity contribution >= 4 is 51.6 Å². The highest BCUT2D eigenvalue weighted by Gasteiger charge is 2.35. The molecule has 0 bridgehead atoms. The summed E-state index contributed by atoms with van der Waals surface area (Å²) < 4.78 is 47.4. The second kappa shape index (κ2) is 9.02. The van der Waals surface area contributed by atoms with Gasteiger partial charge in [0.25, 0.3) is 11.1 Å². The Kier molecular flexibility index (Phi) is 6.33. The normalized spacial score (nSPS) is 15.6. The fourth-order valence-corrected chi connectivity index (χ4v) is 4.12. The van der Waals surface area contributed by atoms with Crippen LogP contribution in [0.2, 0.25) is 0 Å². The quantitative estimate of drug-likeness (QED) is 0.253. The van der Waals surface area contributed by atoms with Gasteiger partial charge >= 0.3 is 6.36 Å². The van der Waals surface area contributed by atoms with Crippen LogP contribution in [0.15, 0.2) is 70.0 Å².